The normalized spacial score (nSPS) is 13.5. The summed E-state index contributed by atoms with van der Waals surface area (Å²) in [6.45, 7) is 4.28. The Hall–Kier alpha value is -4.88. The second kappa shape index (κ2) is 9.35. The molecule has 41 heavy (non-hydrogen) atoms. The topological polar surface area (TPSA) is 4.93 Å². The van der Waals surface area contributed by atoms with Crippen LogP contribution in [0.3, 0.4) is 0 Å². The molecule has 6 aromatic carbocycles. The van der Waals surface area contributed by atoms with Crippen molar-refractivity contribution in [3.63, 3.8) is 0 Å². The third-order valence-corrected chi connectivity index (χ3v) is 8.99. The Kier molecular flexibility index (Phi) is 5.47. The first-order valence-electron chi connectivity index (χ1n) is 14.6. The van der Waals surface area contributed by atoms with E-state index in [1.807, 2.05) is 0 Å². The molecule has 8 rings (SSSR count). The minimum Gasteiger partial charge on any atom is -0.312 e. The fraction of sp³-hybridized carbons (Fsp3) is 0.100. The number of hydrogen-bond donors (Lipinski definition) is 0. The van der Waals surface area contributed by atoms with Crippen LogP contribution in [0.2, 0.25) is 0 Å². The maximum Gasteiger partial charge on any atom is 0.0616 e. The van der Waals surface area contributed by atoms with Gasteiger partial charge in [-0.25, -0.2) is 0 Å². The van der Waals surface area contributed by atoms with Gasteiger partial charge < -0.3 is 4.57 Å². The van der Waals surface area contributed by atoms with E-state index >= 15 is 0 Å². The van der Waals surface area contributed by atoms with Crippen molar-refractivity contribution >= 4 is 54.9 Å². The van der Waals surface area contributed by atoms with Crippen molar-refractivity contribution in [3.8, 4) is 16.8 Å². The second-order valence-corrected chi connectivity index (χ2v) is 11.2. The van der Waals surface area contributed by atoms with Crippen LogP contribution in [0.5, 0.6) is 0 Å². The summed E-state index contributed by atoms with van der Waals surface area (Å²) in [5.74, 6) is 0. The number of benzene rings is 6. The molecule has 196 valence electrons. The molecule has 0 radical (unpaired) electrons. The molecule has 1 heterocycles. The quantitative estimate of drug-likeness (QED) is 0.202. The summed E-state index contributed by atoms with van der Waals surface area (Å²) in [5.41, 5.74) is 10.4. The van der Waals surface area contributed by atoms with E-state index in [4.69, 9.17) is 0 Å². The molecule has 0 unspecified atom stereocenters. The zero-order chi connectivity index (χ0) is 27.5. The zero-order valence-electron chi connectivity index (χ0n) is 23.5. The molecular formula is C40H31N. The molecule has 0 bridgehead atoms. The van der Waals surface area contributed by atoms with Crippen LogP contribution in [0, 0.1) is 0 Å². The standard InChI is InChI=1S/C40H31N/c1-3-26(2)27-12-10-13-28(23-27)29-19-21-33-31(24-29)20-22-37-36-17-8-9-18-38(36)41(40(33)37)39-25-30-11-4-5-14-32(30)34-15-6-7-16-35(34)39/h3-8,10-17,19-25H,9,18H2,1-2H3/b26-3+. The molecule has 0 N–H and O–H groups in total. The van der Waals surface area contributed by atoms with Crippen molar-refractivity contribution in [2.75, 3.05) is 0 Å². The van der Waals surface area contributed by atoms with E-state index in [0.717, 1.165) is 12.8 Å². The molecule has 0 saturated carbocycles. The lowest BCUT2D eigenvalue weighted by Crippen LogP contribution is -2.04. The van der Waals surface area contributed by atoms with E-state index in [1.54, 1.807) is 0 Å². The van der Waals surface area contributed by atoms with Gasteiger partial charge in [0, 0.05) is 27.4 Å². The van der Waals surface area contributed by atoms with Crippen LogP contribution in [-0.2, 0) is 6.42 Å². The molecule has 1 heteroatoms. The Balaban J connectivity index is 1.44. The van der Waals surface area contributed by atoms with E-state index in [2.05, 4.69) is 146 Å². The number of allylic oxidation sites excluding steroid dienone is 3. The van der Waals surface area contributed by atoms with Gasteiger partial charge in [-0.3, -0.25) is 0 Å². The van der Waals surface area contributed by atoms with Crippen LogP contribution >= 0.6 is 0 Å². The Morgan fingerprint density at radius 2 is 1.41 bits per heavy atom. The minimum atomic E-state index is 1.04. The lowest BCUT2D eigenvalue weighted by Gasteiger charge is -2.18. The first-order chi connectivity index (χ1) is 20.2. The zero-order valence-corrected chi connectivity index (χ0v) is 23.5. The SMILES string of the molecule is C/C=C(\C)c1cccc(-c2ccc3c(ccc4c5c(n(-c6cc7ccccc7c7ccccc67)c43)CCC=C5)c2)c1. The van der Waals surface area contributed by atoms with Gasteiger partial charge in [0.1, 0.15) is 0 Å². The summed E-state index contributed by atoms with van der Waals surface area (Å²) >= 11 is 0. The van der Waals surface area contributed by atoms with Crippen LogP contribution in [0.25, 0.3) is 71.7 Å². The van der Waals surface area contributed by atoms with Gasteiger partial charge in [0.25, 0.3) is 0 Å². The highest BCUT2D eigenvalue weighted by molar-refractivity contribution is 6.15. The molecule has 0 atom stereocenters. The summed E-state index contributed by atoms with van der Waals surface area (Å²) in [5, 5.41) is 9.09. The minimum absolute atomic E-state index is 1.04. The van der Waals surface area contributed by atoms with Crippen molar-refractivity contribution in [1.82, 2.24) is 4.57 Å². The van der Waals surface area contributed by atoms with Crippen molar-refractivity contribution in [2.24, 2.45) is 0 Å². The smallest absolute Gasteiger partial charge is 0.0616 e. The highest BCUT2D eigenvalue weighted by Gasteiger charge is 2.22. The third-order valence-electron chi connectivity index (χ3n) is 8.99. The van der Waals surface area contributed by atoms with E-state index in [0.29, 0.717) is 0 Å². The third kappa shape index (κ3) is 3.69. The summed E-state index contributed by atoms with van der Waals surface area (Å²) in [4.78, 5) is 0. The molecule has 1 aromatic heterocycles. The van der Waals surface area contributed by atoms with Crippen LogP contribution in [0.15, 0.2) is 121 Å². The molecule has 0 saturated heterocycles. The highest BCUT2D eigenvalue weighted by atomic mass is 15.0. The highest BCUT2D eigenvalue weighted by Crippen LogP contribution is 2.41. The second-order valence-electron chi connectivity index (χ2n) is 11.2. The Bertz CT molecular complexity index is 2220. The molecule has 1 aliphatic rings. The molecule has 0 amide bonds. The maximum atomic E-state index is 2.58. The Labute approximate surface area is 240 Å². The lowest BCUT2D eigenvalue weighted by atomic mass is 9.96. The molecular weight excluding hydrogens is 494 g/mol. The predicted molar refractivity (Wildman–Crippen MR) is 178 cm³/mol. The fourth-order valence-corrected chi connectivity index (χ4v) is 6.81. The van der Waals surface area contributed by atoms with E-state index < -0.39 is 0 Å². The van der Waals surface area contributed by atoms with Crippen molar-refractivity contribution < 1.29 is 0 Å². The van der Waals surface area contributed by atoms with Gasteiger partial charge in [0.05, 0.1) is 11.2 Å². The van der Waals surface area contributed by atoms with Gasteiger partial charge in [-0.2, -0.15) is 0 Å². The van der Waals surface area contributed by atoms with Crippen LogP contribution in [0.1, 0.15) is 37.1 Å². The van der Waals surface area contributed by atoms with Crippen LogP contribution < -0.4 is 0 Å². The van der Waals surface area contributed by atoms with Crippen LogP contribution in [-0.4, -0.2) is 4.57 Å². The fourth-order valence-electron chi connectivity index (χ4n) is 6.81. The summed E-state index contributed by atoms with van der Waals surface area (Å²) in [6.07, 6.45) is 8.96. The Morgan fingerprint density at radius 3 is 2.29 bits per heavy atom. The summed E-state index contributed by atoms with van der Waals surface area (Å²) < 4.78 is 2.58. The summed E-state index contributed by atoms with van der Waals surface area (Å²) in [7, 11) is 0. The van der Waals surface area contributed by atoms with Crippen molar-refractivity contribution in [2.45, 2.75) is 26.7 Å². The number of fused-ring (bicyclic) bond motifs is 8. The molecule has 7 aromatic rings. The molecule has 0 aliphatic heterocycles. The molecule has 1 aliphatic carbocycles. The Morgan fingerprint density at radius 1 is 0.659 bits per heavy atom. The van der Waals surface area contributed by atoms with Gasteiger partial charge in [-0.1, -0.05) is 109 Å². The van der Waals surface area contributed by atoms with Crippen LogP contribution in [0.4, 0.5) is 0 Å². The van der Waals surface area contributed by atoms with Gasteiger partial charge >= 0.3 is 0 Å². The first kappa shape index (κ1) is 24.0. The first-order valence-corrected chi connectivity index (χ1v) is 14.6. The van der Waals surface area contributed by atoms with Crippen molar-refractivity contribution in [1.29, 1.82) is 0 Å². The molecule has 0 spiro atoms. The monoisotopic (exact) mass is 525 g/mol. The number of rotatable bonds is 3. The van der Waals surface area contributed by atoms with Gasteiger partial charge in [0.2, 0.25) is 0 Å². The van der Waals surface area contributed by atoms with Crippen molar-refractivity contribution in [3.05, 3.63) is 138 Å². The number of aromatic nitrogens is 1. The van der Waals surface area contributed by atoms with E-state index in [9.17, 15) is 0 Å². The number of hydrogen-bond acceptors (Lipinski definition) is 0. The van der Waals surface area contributed by atoms with E-state index in [1.165, 1.54) is 82.4 Å². The molecule has 1 nitrogen and oxygen atoms in total. The van der Waals surface area contributed by atoms with Gasteiger partial charge in [-0.15, -0.1) is 0 Å². The van der Waals surface area contributed by atoms with E-state index in [-0.39, 0.29) is 0 Å². The average Bonchev–Trinajstić information content (AvgIpc) is 3.38. The van der Waals surface area contributed by atoms with Gasteiger partial charge in [-0.05, 0) is 88.7 Å². The predicted octanol–water partition coefficient (Wildman–Crippen LogP) is 11.1. The summed E-state index contributed by atoms with van der Waals surface area (Å²) in [6, 6.07) is 40.6. The van der Waals surface area contributed by atoms with Gasteiger partial charge in [0.15, 0.2) is 0 Å². The lowest BCUT2D eigenvalue weighted by molar-refractivity contribution is 0.893. The largest absolute Gasteiger partial charge is 0.312 e. The number of nitrogens with zero attached hydrogens (tertiary/aromatic N) is 1. The molecule has 0 fully saturated rings. The maximum absolute atomic E-state index is 2.58. The average molecular weight is 526 g/mol.